The first-order valence-electron chi connectivity index (χ1n) is 3.83. The maximum absolute atomic E-state index is 4.33. The highest BCUT2D eigenvalue weighted by Gasteiger charge is 1.93. The molecule has 0 heterocycles. The van der Waals surface area contributed by atoms with Gasteiger partial charge in [0.15, 0.2) is 0 Å². The molecule has 0 aliphatic heterocycles. The van der Waals surface area contributed by atoms with E-state index >= 15 is 0 Å². The van der Waals surface area contributed by atoms with Gasteiger partial charge in [-0.3, -0.25) is 0 Å². The third kappa shape index (κ3) is 6.84. The maximum atomic E-state index is 4.33. The first-order chi connectivity index (χ1) is 6.22. The summed E-state index contributed by atoms with van der Waals surface area (Å²) in [6.07, 6.45) is 0. The fourth-order valence-corrected chi connectivity index (χ4v) is 0.838. The standard InChI is InChI=1S/C9H12.Cl2O2/c1-8(2)9-6-4-3-5-7-9;1-3-4-2/h3-8H,1-2H3;. The number of hydrogen-bond donors (Lipinski definition) is 0. The predicted octanol–water partition coefficient (Wildman–Crippen LogP) is 4.05. The van der Waals surface area contributed by atoms with E-state index in [9.17, 15) is 0 Å². The largest absolute Gasteiger partial charge is 0.102 e. The SMILES string of the molecule is CC(C)c1ccccc1.ClOOCl. The van der Waals surface area contributed by atoms with Crippen LogP contribution in [0.2, 0.25) is 0 Å². The normalized spacial score (nSPS) is 9.31. The van der Waals surface area contributed by atoms with Crippen molar-refractivity contribution in [2.75, 3.05) is 0 Å². The van der Waals surface area contributed by atoms with Crippen molar-refractivity contribution in [1.82, 2.24) is 0 Å². The second-order valence-electron chi connectivity index (χ2n) is 2.69. The Labute approximate surface area is 88.6 Å². The van der Waals surface area contributed by atoms with Gasteiger partial charge in [-0.25, -0.2) is 0 Å². The molecule has 2 nitrogen and oxygen atoms in total. The van der Waals surface area contributed by atoms with Crippen LogP contribution in [0.15, 0.2) is 30.3 Å². The molecule has 0 unspecified atom stereocenters. The Hall–Kier alpha value is -0.280. The van der Waals surface area contributed by atoms with Crippen LogP contribution in [-0.4, -0.2) is 0 Å². The summed E-state index contributed by atoms with van der Waals surface area (Å²) in [5, 5.41) is 0. The summed E-state index contributed by atoms with van der Waals surface area (Å²) in [7, 11) is 0. The minimum atomic E-state index is 0.659. The van der Waals surface area contributed by atoms with Gasteiger partial charge in [0, 0.05) is 0 Å². The molecule has 0 saturated carbocycles. The van der Waals surface area contributed by atoms with Gasteiger partial charge in [0.2, 0.25) is 0 Å². The third-order valence-electron chi connectivity index (χ3n) is 1.49. The molecule has 0 radical (unpaired) electrons. The smallest absolute Gasteiger partial charge is 0.102 e. The number of hydrogen-bond acceptors (Lipinski definition) is 2. The van der Waals surface area contributed by atoms with Crippen molar-refractivity contribution >= 4 is 23.7 Å². The highest BCUT2D eigenvalue weighted by molar-refractivity contribution is 6.10. The van der Waals surface area contributed by atoms with Crippen LogP contribution in [0.5, 0.6) is 0 Å². The summed E-state index contributed by atoms with van der Waals surface area (Å²) in [5.74, 6) is 0.659. The lowest BCUT2D eigenvalue weighted by molar-refractivity contribution is -0.0832. The number of halogens is 2. The molecule has 74 valence electrons. The van der Waals surface area contributed by atoms with Gasteiger partial charge < -0.3 is 0 Å². The van der Waals surface area contributed by atoms with Crippen molar-refractivity contribution in [3.8, 4) is 0 Å². The molecule has 0 fully saturated rings. The summed E-state index contributed by atoms with van der Waals surface area (Å²) in [6.45, 7) is 4.41. The third-order valence-corrected chi connectivity index (χ3v) is 1.68. The number of benzene rings is 1. The van der Waals surface area contributed by atoms with Crippen molar-refractivity contribution in [3.63, 3.8) is 0 Å². The van der Waals surface area contributed by atoms with Gasteiger partial charge >= 0.3 is 0 Å². The molecule has 0 spiro atoms. The minimum absolute atomic E-state index is 0.659. The molecule has 13 heavy (non-hydrogen) atoms. The van der Waals surface area contributed by atoms with Gasteiger partial charge in [-0.05, 0) is 11.5 Å². The van der Waals surface area contributed by atoms with Crippen LogP contribution in [0, 0.1) is 0 Å². The highest BCUT2D eigenvalue weighted by atomic mass is 35.5. The first kappa shape index (κ1) is 12.7. The van der Waals surface area contributed by atoms with E-state index in [0.717, 1.165) is 0 Å². The van der Waals surface area contributed by atoms with Crippen LogP contribution in [-0.2, 0) is 8.88 Å². The monoisotopic (exact) mass is 222 g/mol. The average molecular weight is 223 g/mol. The van der Waals surface area contributed by atoms with Gasteiger partial charge in [0.1, 0.15) is 23.7 Å². The molecule has 0 saturated heterocycles. The van der Waals surface area contributed by atoms with E-state index in [4.69, 9.17) is 0 Å². The van der Waals surface area contributed by atoms with Gasteiger partial charge in [0.25, 0.3) is 0 Å². The summed E-state index contributed by atoms with van der Waals surface area (Å²) in [5.41, 5.74) is 1.41. The Morgan fingerprint density at radius 3 is 1.69 bits per heavy atom. The van der Waals surface area contributed by atoms with E-state index in [-0.39, 0.29) is 0 Å². The van der Waals surface area contributed by atoms with Crippen molar-refractivity contribution < 1.29 is 8.88 Å². The molecule has 0 bridgehead atoms. The molecule has 1 aromatic carbocycles. The zero-order valence-corrected chi connectivity index (χ0v) is 9.05. The van der Waals surface area contributed by atoms with Crippen LogP contribution in [0.3, 0.4) is 0 Å². The van der Waals surface area contributed by atoms with Crippen molar-refractivity contribution in [2.45, 2.75) is 19.8 Å². The van der Waals surface area contributed by atoms with Gasteiger partial charge in [-0.2, -0.15) is 0 Å². The molecule has 0 N–H and O–H groups in total. The molecule has 0 aliphatic rings. The highest BCUT2D eigenvalue weighted by Crippen LogP contribution is 2.11. The van der Waals surface area contributed by atoms with E-state index in [1.54, 1.807) is 0 Å². The van der Waals surface area contributed by atoms with Crippen LogP contribution in [0.1, 0.15) is 25.3 Å². The average Bonchev–Trinajstić information content (AvgIpc) is 2.19. The van der Waals surface area contributed by atoms with Crippen molar-refractivity contribution in [1.29, 1.82) is 0 Å². The Morgan fingerprint density at radius 2 is 1.46 bits per heavy atom. The van der Waals surface area contributed by atoms with Gasteiger partial charge in [-0.1, -0.05) is 44.2 Å². The lowest BCUT2D eigenvalue weighted by atomic mass is 10.0. The van der Waals surface area contributed by atoms with Crippen LogP contribution in [0.4, 0.5) is 0 Å². The van der Waals surface area contributed by atoms with E-state index in [0.29, 0.717) is 5.92 Å². The van der Waals surface area contributed by atoms with Crippen LogP contribution >= 0.6 is 23.7 Å². The molecule has 0 amide bonds. The number of rotatable bonds is 2. The van der Waals surface area contributed by atoms with Gasteiger partial charge in [-0.15, -0.1) is 8.88 Å². The fraction of sp³-hybridized carbons (Fsp3) is 0.333. The molecule has 4 heteroatoms. The van der Waals surface area contributed by atoms with Crippen LogP contribution < -0.4 is 0 Å². The lowest BCUT2D eigenvalue weighted by Crippen LogP contribution is -1.83. The zero-order chi connectivity index (χ0) is 10.1. The summed E-state index contributed by atoms with van der Waals surface area (Å²) < 4.78 is 6.56. The Balaban J connectivity index is 0.000000310. The Bertz CT molecular complexity index is 200. The topological polar surface area (TPSA) is 18.5 Å². The first-order valence-corrected chi connectivity index (χ1v) is 4.45. The predicted molar refractivity (Wildman–Crippen MR) is 54.4 cm³/mol. The summed E-state index contributed by atoms with van der Waals surface area (Å²) >= 11 is 8.66. The van der Waals surface area contributed by atoms with E-state index < -0.39 is 0 Å². The maximum Gasteiger partial charge on any atom is 0.102 e. The zero-order valence-electron chi connectivity index (χ0n) is 7.54. The Kier molecular flexibility index (Phi) is 8.14. The minimum Gasteiger partial charge on any atom is -0.102 e. The summed E-state index contributed by atoms with van der Waals surface area (Å²) in [6, 6.07) is 10.5. The lowest BCUT2D eigenvalue weighted by Gasteiger charge is -2.01. The Morgan fingerprint density at radius 1 is 1.00 bits per heavy atom. The second kappa shape index (κ2) is 8.32. The molecule has 0 aliphatic carbocycles. The molecular weight excluding hydrogens is 211 g/mol. The quantitative estimate of drug-likeness (QED) is 0.556. The van der Waals surface area contributed by atoms with Crippen molar-refractivity contribution in [2.24, 2.45) is 0 Å². The molecule has 1 rings (SSSR count). The van der Waals surface area contributed by atoms with E-state index in [1.807, 2.05) is 6.07 Å². The second-order valence-corrected chi connectivity index (χ2v) is 2.94. The molecule has 0 atom stereocenters. The van der Waals surface area contributed by atoms with Crippen molar-refractivity contribution in [3.05, 3.63) is 35.9 Å². The summed E-state index contributed by atoms with van der Waals surface area (Å²) in [4.78, 5) is 0. The van der Waals surface area contributed by atoms with E-state index in [2.05, 4.69) is 70.7 Å². The van der Waals surface area contributed by atoms with E-state index in [1.165, 1.54) is 5.56 Å². The molecule has 1 aromatic rings. The molecular formula is C9H12Cl2O2. The fourth-order valence-electron chi connectivity index (χ4n) is 0.838. The molecule has 0 aromatic heterocycles. The van der Waals surface area contributed by atoms with Crippen LogP contribution in [0.25, 0.3) is 0 Å². The van der Waals surface area contributed by atoms with Gasteiger partial charge in [0.05, 0.1) is 0 Å².